The summed E-state index contributed by atoms with van der Waals surface area (Å²) in [6.07, 6.45) is 4.44. The van der Waals surface area contributed by atoms with E-state index >= 15 is 0 Å². The molecule has 5 nitrogen and oxygen atoms in total. The second-order valence-electron chi connectivity index (χ2n) is 8.32. The smallest absolute Gasteiger partial charge is 0.254 e. The molecule has 1 amide bonds. The first-order valence-electron chi connectivity index (χ1n) is 9.40. The van der Waals surface area contributed by atoms with Crippen LogP contribution in [0.15, 0.2) is 6.07 Å². The monoisotopic (exact) mass is 342 g/mol. The van der Waals surface area contributed by atoms with Crippen LogP contribution in [0.4, 0.5) is 0 Å². The van der Waals surface area contributed by atoms with Gasteiger partial charge in [0, 0.05) is 25.2 Å². The highest BCUT2D eigenvalue weighted by Gasteiger charge is 2.30. The molecule has 5 heteroatoms. The van der Waals surface area contributed by atoms with Crippen LogP contribution in [0.25, 0.3) is 11.0 Å². The van der Waals surface area contributed by atoms with Gasteiger partial charge in [0.25, 0.3) is 5.91 Å². The van der Waals surface area contributed by atoms with E-state index in [4.69, 9.17) is 10.1 Å². The van der Waals surface area contributed by atoms with E-state index in [-0.39, 0.29) is 11.4 Å². The third kappa shape index (κ3) is 3.42. The van der Waals surface area contributed by atoms with Gasteiger partial charge in [-0.1, -0.05) is 13.3 Å². The van der Waals surface area contributed by atoms with Crippen molar-refractivity contribution in [3.05, 3.63) is 23.0 Å². The molecule has 0 unspecified atom stereocenters. The van der Waals surface area contributed by atoms with Crippen molar-refractivity contribution in [3.8, 4) is 0 Å². The molecule has 25 heavy (non-hydrogen) atoms. The molecular weight excluding hydrogens is 312 g/mol. The van der Waals surface area contributed by atoms with Crippen LogP contribution in [0.3, 0.4) is 0 Å². The van der Waals surface area contributed by atoms with Crippen molar-refractivity contribution in [2.75, 3.05) is 13.6 Å². The van der Waals surface area contributed by atoms with Crippen molar-refractivity contribution < 1.29 is 4.79 Å². The Kier molecular flexibility index (Phi) is 4.60. The minimum atomic E-state index is -0.171. The second kappa shape index (κ2) is 6.43. The Bertz CT molecular complexity index is 796. The molecule has 1 aliphatic carbocycles. The van der Waals surface area contributed by atoms with Gasteiger partial charge in [0.05, 0.1) is 22.2 Å². The summed E-state index contributed by atoms with van der Waals surface area (Å²) >= 11 is 0. The van der Waals surface area contributed by atoms with Crippen LogP contribution in [0.2, 0.25) is 0 Å². The topological polar surface area (TPSA) is 51.0 Å². The Balaban J connectivity index is 2.16. The first-order chi connectivity index (χ1) is 11.7. The predicted octanol–water partition coefficient (Wildman–Crippen LogP) is 4.24. The Morgan fingerprint density at radius 1 is 1.36 bits per heavy atom. The van der Waals surface area contributed by atoms with E-state index in [2.05, 4.69) is 27.7 Å². The number of nitrogens with zero attached hydrogens (tertiary/aromatic N) is 4. The lowest BCUT2D eigenvalue weighted by molar-refractivity contribution is 0.0795. The van der Waals surface area contributed by atoms with E-state index in [1.165, 1.54) is 12.8 Å². The predicted molar refractivity (Wildman–Crippen MR) is 101 cm³/mol. The van der Waals surface area contributed by atoms with E-state index in [0.29, 0.717) is 5.92 Å². The van der Waals surface area contributed by atoms with E-state index in [1.54, 1.807) is 0 Å². The Labute approximate surface area is 150 Å². The number of hydrogen-bond acceptors (Lipinski definition) is 3. The number of fused-ring (bicyclic) bond motifs is 1. The maximum Gasteiger partial charge on any atom is 0.254 e. The van der Waals surface area contributed by atoms with E-state index in [9.17, 15) is 4.79 Å². The van der Waals surface area contributed by atoms with E-state index in [1.807, 2.05) is 29.6 Å². The summed E-state index contributed by atoms with van der Waals surface area (Å²) in [5, 5.41) is 5.64. The number of rotatable bonds is 5. The number of pyridine rings is 1. The number of carbonyl (C=O) groups is 1. The van der Waals surface area contributed by atoms with Gasteiger partial charge in [-0.3, -0.25) is 4.79 Å². The maximum atomic E-state index is 13.1. The molecule has 1 aliphatic rings. The maximum absolute atomic E-state index is 13.1. The molecule has 0 atom stereocenters. The molecule has 0 radical (unpaired) electrons. The molecule has 2 aromatic heterocycles. The zero-order valence-electron chi connectivity index (χ0n) is 16.4. The fourth-order valence-electron chi connectivity index (χ4n) is 3.24. The largest absolute Gasteiger partial charge is 0.342 e. The van der Waals surface area contributed by atoms with Gasteiger partial charge in [0.15, 0.2) is 5.65 Å². The van der Waals surface area contributed by atoms with Gasteiger partial charge in [0.1, 0.15) is 0 Å². The molecule has 3 rings (SSSR count). The summed E-state index contributed by atoms with van der Waals surface area (Å²) < 4.78 is 1.98. The lowest BCUT2D eigenvalue weighted by atomic mass is 10.1. The summed E-state index contributed by atoms with van der Waals surface area (Å²) in [5.41, 5.74) is 3.37. The Hall–Kier alpha value is -1.91. The van der Waals surface area contributed by atoms with Gasteiger partial charge in [0.2, 0.25) is 0 Å². The van der Waals surface area contributed by atoms with Crippen molar-refractivity contribution in [2.24, 2.45) is 0 Å². The average molecular weight is 342 g/mol. The fraction of sp³-hybridized carbons (Fsp3) is 0.650. The highest BCUT2D eigenvalue weighted by atomic mass is 16.2. The molecule has 0 aliphatic heterocycles. The third-order valence-electron chi connectivity index (χ3n) is 4.89. The second-order valence-corrected chi connectivity index (χ2v) is 8.32. The number of hydrogen-bond donors (Lipinski definition) is 0. The zero-order valence-corrected chi connectivity index (χ0v) is 16.4. The first-order valence-corrected chi connectivity index (χ1v) is 9.40. The van der Waals surface area contributed by atoms with Crippen LogP contribution >= 0.6 is 0 Å². The molecule has 1 saturated carbocycles. The number of unbranched alkanes of at least 4 members (excludes halogenated alkanes) is 1. The molecule has 2 aromatic rings. The summed E-state index contributed by atoms with van der Waals surface area (Å²) in [4.78, 5) is 19.9. The lowest BCUT2D eigenvalue weighted by Crippen LogP contribution is -2.28. The van der Waals surface area contributed by atoms with Crippen molar-refractivity contribution in [1.82, 2.24) is 19.7 Å². The Morgan fingerprint density at radius 2 is 2.04 bits per heavy atom. The summed E-state index contributed by atoms with van der Waals surface area (Å²) in [6, 6.07) is 2.02. The minimum absolute atomic E-state index is 0.0827. The highest BCUT2D eigenvalue weighted by molar-refractivity contribution is 6.06. The van der Waals surface area contributed by atoms with E-state index < -0.39 is 0 Å². The third-order valence-corrected chi connectivity index (χ3v) is 4.89. The normalized spacial score (nSPS) is 15.0. The quantitative estimate of drug-likeness (QED) is 0.816. The van der Waals surface area contributed by atoms with Crippen molar-refractivity contribution in [2.45, 2.75) is 71.8 Å². The van der Waals surface area contributed by atoms with E-state index in [0.717, 1.165) is 47.4 Å². The summed E-state index contributed by atoms with van der Waals surface area (Å²) in [7, 11) is 1.89. The number of amides is 1. The molecule has 0 spiro atoms. The zero-order chi connectivity index (χ0) is 18.4. The lowest BCUT2D eigenvalue weighted by Gasteiger charge is -2.21. The van der Waals surface area contributed by atoms with Crippen LogP contribution in [0, 0.1) is 6.92 Å². The standard InChI is InChI=1S/C20H30N4O/c1-7-8-11-23(6)19(25)15-12-16(14-9-10-14)21-18-17(15)13(2)22-24(18)20(3,4)5/h12,14H,7-11H2,1-6H3. The summed E-state index contributed by atoms with van der Waals surface area (Å²) in [5.74, 6) is 0.583. The van der Waals surface area contributed by atoms with Crippen molar-refractivity contribution >= 4 is 16.9 Å². The number of aryl methyl sites for hydroxylation is 1. The fourth-order valence-corrected chi connectivity index (χ4v) is 3.24. The van der Waals surface area contributed by atoms with Gasteiger partial charge < -0.3 is 4.90 Å². The average Bonchev–Trinajstić information content (AvgIpc) is 3.34. The van der Waals surface area contributed by atoms with Gasteiger partial charge in [-0.05, 0) is 53.0 Å². The van der Waals surface area contributed by atoms with Crippen LogP contribution in [-0.2, 0) is 5.54 Å². The number of aromatic nitrogens is 3. The highest BCUT2D eigenvalue weighted by Crippen LogP contribution is 2.41. The molecular formula is C20H30N4O. The summed E-state index contributed by atoms with van der Waals surface area (Å²) in [6.45, 7) is 11.3. The van der Waals surface area contributed by atoms with Gasteiger partial charge in [-0.2, -0.15) is 5.10 Å². The molecule has 2 heterocycles. The Morgan fingerprint density at radius 3 is 2.60 bits per heavy atom. The van der Waals surface area contributed by atoms with Crippen LogP contribution in [-0.4, -0.2) is 39.2 Å². The van der Waals surface area contributed by atoms with Gasteiger partial charge in [-0.15, -0.1) is 0 Å². The first kappa shape index (κ1) is 17.9. The van der Waals surface area contributed by atoms with Gasteiger partial charge in [-0.25, -0.2) is 9.67 Å². The van der Waals surface area contributed by atoms with Crippen LogP contribution in [0.5, 0.6) is 0 Å². The van der Waals surface area contributed by atoms with Crippen LogP contribution < -0.4 is 0 Å². The molecule has 136 valence electrons. The number of carbonyl (C=O) groups excluding carboxylic acids is 1. The minimum Gasteiger partial charge on any atom is -0.342 e. The molecule has 0 saturated heterocycles. The molecule has 0 aromatic carbocycles. The molecule has 0 N–H and O–H groups in total. The van der Waals surface area contributed by atoms with Crippen molar-refractivity contribution in [1.29, 1.82) is 0 Å². The van der Waals surface area contributed by atoms with Crippen LogP contribution in [0.1, 0.15) is 81.0 Å². The van der Waals surface area contributed by atoms with Crippen molar-refractivity contribution in [3.63, 3.8) is 0 Å². The molecule has 0 bridgehead atoms. The van der Waals surface area contributed by atoms with Gasteiger partial charge >= 0.3 is 0 Å². The SMILES string of the molecule is CCCCN(C)C(=O)c1cc(C2CC2)nc2c1c(C)nn2C(C)(C)C. The molecule has 1 fully saturated rings.